The van der Waals surface area contributed by atoms with Gasteiger partial charge in [0.05, 0.1) is 29.4 Å². The Morgan fingerprint density at radius 3 is 2.86 bits per heavy atom. The Kier molecular flexibility index (Phi) is 5.11. The fourth-order valence-electron chi connectivity index (χ4n) is 2.39. The molecule has 0 saturated carbocycles. The first-order chi connectivity index (χ1) is 9.93. The lowest BCUT2D eigenvalue weighted by Gasteiger charge is -2.33. The SMILES string of the molecule is CCC1CN(c2sc(C(C)=O)c(N)c2OC(C)C)CCO1. The van der Waals surface area contributed by atoms with Crippen molar-refractivity contribution >= 4 is 27.8 Å². The van der Waals surface area contributed by atoms with Crippen LogP contribution in [-0.2, 0) is 4.74 Å². The molecule has 1 aliphatic heterocycles. The van der Waals surface area contributed by atoms with Gasteiger partial charge in [-0.15, -0.1) is 11.3 Å². The minimum absolute atomic E-state index is 0.0161. The van der Waals surface area contributed by atoms with Crippen LogP contribution in [0.5, 0.6) is 5.75 Å². The van der Waals surface area contributed by atoms with Gasteiger partial charge in [0.15, 0.2) is 11.5 Å². The summed E-state index contributed by atoms with van der Waals surface area (Å²) in [6, 6.07) is 0. The van der Waals surface area contributed by atoms with Gasteiger partial charge in [-0.25, -0.2) is 0 Å². The molecule has 1 unspecified atom stereocenters. The van der Waals surface area contributed by atoms with Gasteiger partial charge in [-0.1, -0.05) is 6.92 Å². The Morgan fingerprint density at radius 2 is 2.29 bits per heavy atom. The van der Waals surface area contributed by atoms with Gasteiger partial charge < -0.3 is 20.1 Å². The second-order valence-corrected chi connectivity index (χ2v) is 6.55. The van der Waals surface area contributed by atoms with Crippen LogP contribution in [-0.4, -0.2) is 37.7 Å². The summed E-state index contributed by atoms with van der Waals surface area (Å²) in [7, 11) is 0. The Labute approximate surface area is 130 Å². The molecule has 6 heteroatoms. The molecule has 2 heterocycles. The maximum absolute atomic E-state index is 11.8. The van der Waals surface area contributed by atoms with E-state index in [2.05, 4.69) is 11.8 Å². The van der Waals surface area contributed by atoms with Gasteiger partial charge in [0.1, 0.15) is 5.00 Å². The van der Waals surface area contributed by atoms with E-state index in [1.54, 1.807) is 6.92 Å². The molecule has 1 atom stereocenters. The van der Waals surface area contributed by atoms with E-state index < -0.39 is 0 Å². The molecule has 1 aliphatic rings. The second kappa shape index (κ2) is 6.66. The van der Waals surface area contributed by atoms with Crippen LogP contribution < -0.4 is 15.4 Å². The second-order valence-electron chi connectivity index (χ2n) is 5.55. The standard InChI is InChI=1S/C15H24N2O3S/c1-5-11-8-17(6-7-19-11)15-13(20-9(2)3)12(16)14(21-15)10(4)18/h9,11H,5-8,16H2,1-4H3. The van der Waals surface area contributed by atoms with E-state index in [1.807, 2.05) is 13.8 Å². The molecule has 2 rings (SSSR count). The largest absolute Gasteiger partial charge is 0.486 e. The fraction of sp³-hybridized carbons (Fsp3) is 0.667. The summed E-state index contributed by atoms with van der Waals surface area (Å²) in [6.07, 6.45) is 1.20. The molecule has 0 aromatic carbocycles. The average Bonchev–Trinajstić information content (AvgIpc) is 2.76. The van der Waals surface area contributed by atoms with Gasteiger partial charge in [0.2, 0.25) is 0 Å². The molecular formula is C15H24N2O3S. The number of rotatable bonds is 5. The molecule has 1 aromatic rings. The number of hydrogen-bond acceptors (Lipinski definition) is 6. The normalized spacial score (nSPS) is 19.1. The maximum Gasteiger partial charge on any atom is 0.177 e. The number of nitrogen functional groups attached to an aromatic ring is 1. The summed E-state index contributed by atoms with van der Waals surface area (Å²) in [4.78, 5) is 14.6. The summed E-state index contributed by atoms with van der Waals surface area (Å²) < 4.78 is 11.6. The van der Waals surface area contributed by atoms with Crippen molar-refractivity contribution in [2.45, 2.75) is 46.3 Å². The van der Waals surface area contributed by atoms with Crippen LogP contribution in [0.1, 0.15) is 43.8 Å². The number of ketones is 1. The lowest BCUT2D eigenvalue weighted by Crippen LogP contribution is -2.42. The van der Waals surface area contributed by atoms with Crippen molar-refractivity contribution in [3.05, 3.63) is 4.88 Å². The monoisotopic (exact) mass is 312 g/mol. The molecule has 1 saturated heterocycles. The number of carbonyl (C=O) groups excluding carboxylic acids is 1. The van der Waals surface area contributed by atoms with Crippen molar-refractivity contribution in [3.63, 3.8) is 0 Å². The number of hydrogen-bond donors (Lipinski definition) is 1. The van der Waals surface area contributed by atoms with Gasteiger partial charge in [0, 0.05) is 20.0 Å². The minimum atomic E-state index is -0.0161. The molecule has 1 aromatic heterocycles. The van der Waals surface area contributed by atoms with Crippen LogP contribution in [0, 0.1) is 0 Å². The van der Waals surface area contributed by atoms with Crippen molar-refractivity contribution < 1.29 is 14.3 Å². The first-order valence-electron chi connectivity index (χ1n) is 7.40. The highest BCUT2D eigenvalue weighted by Crippen LogP contribution is 2.46. The van der Waals surface area contributed by atoms with Gasteiger partial charge in [-0.05, 0) is 20.3 Å². The zero-order valence-corrected chi connectivity index (χ0v) is 14.0. The Hall–Kier alpha value is -1.27. The van der Waals surface area contributed by atoms with E-state index in [4.69, 9.17) is 15.2 Å². The highest BCUT2D eigenvalue weighted by molar-refractivity contribution is 7.19. The number of thiophene rings is 1. The molecule has 0 radical (unpaired) electrons. The third kappa shape index (κ3) is 3.49. The molecule has 0 bridgehead atoms. The van der Waals surface area contributed by atoms with E-state index in [0.717, 1.165) is 24.5 Å². The number of Topliss-reactive ketones (excluding diaryl/α,β-unsaturated/α-hetero) is 1. The summed E-state index contributed by atoms with van der Waals surface area (Å²) in [5, 5.41) is 0.952. The van der Waals surface area contributed by atoms with E-state index >= 15 is 0 Å². The van der Waals surface area contributed by atoms with E-state index in [-0.39, 0.29) is 18.0 Å². The van der Waals surface area contributed by atoms with Gasteiger partial charge >= 0.3 is 0 Å². The van der Waals surface area contributed by atoms with Crippen LogP contribution in [0.2, 0.25) is 0 Å². The summed E-state index contributed by atoms with van der Waals surface area (Å²) in [6.45, 7) is 9.87. The summed E-state index contributed by atoms with van der Waals surface area (Å²) in [5.41, 5.74) is 6.60. The minimum Gasteiger partial charge on any atom is -0.486 e. The number of ether oxygens (including phenoxy) is 2. The highest BCUT2D eigenvalue weighted by atomic mass is 32.1. The van der Waals surface area contributed by atoms with Gasteiger partial charge in [-0.3, -0.25) is 4.79 Å². The Morgan fingerprint density at radius 1 is 1.57 bits per heavy atom. The molecule has 2 N–H and O–H groups in total. The third-order valence-corrected chi connectivity index (χ3v) is 4.79. The quantitative estimate of drug-likeness (QED) is 0.847. The number of nitrogens with two attached hydrogens (primary N) is 1. The molecule has 0 amide bonds. The first kappa shape index (κ1) is 16.1. The number of anilines is 2. The molecular weight excluding hydrogens is 288 g/mol. The smallest absolute Gasteiger partial charge is 0.177 e. The van der Waals surface area contributed by atoms with Crippen LogP contribution >= 0.6 is 11.3 Å². The predicted molar refractivity (Wildman–Crippen MR) is 86.7 cm³/mol. The molecule has 0 aliphatic carbocycles. The van der Waals surface area contributed by atoms with Crippen molar-refractivity contribution in [2.75, 3.05) is 30.3 Å². The number of nitrogens with zero attached hydrogens (tertiary/aromatic N) is 1. The maximum atomic E-state index is 11.8. The highest BCUT2D eigenvalue weighted by Gasteiger charge is 2.28. The summed E-state index contributed by atoms with van der Waals surface area (Å²) in [5.74, 6) is 0.634. The first-order valence-corrected chi connectivity index (χ1v) is 8.22. The van der Waals surface area contributed by atoms with Crippen molar-refractivity contribution in [2.24, 2.45) is 0 Å². The lowest BCUT2D eigenvalue weighted by atomic mass is 10.2. The zero-order chi connectivity index (χ0) is 15.6. The lowest BCUT2D eigenvalue weighted by molar-refractivity contribution is 0.0384. The molecule has 21 heavy (non-hydrogen) atoms. The van der Waals surface area contributed by atoms with Crippen LogP contribution in [0.4, 0.5) is 10.7 Å². The Balaban J connectivity index is 2.36. The number of carbonyl (C=O) groups is 1. The van der Waals surface area contributed by atoms with Crippen LogP contribution in [0.15, 0.2) is 0 Å². The van der Waals surface area contributed by atoms with Crippen LogP contribution in [0.25, 0.3) is 0 Å². The van der Waals surface area contributed by atoms with Crippen molar-refractivity contribution in [1.82, 2.24) is 0 Å². The summed E-state index contributed by atoms with van der Waals surface area (Å²) >= 11 is 1.43. The molecule has 1 fully saturated rings. The molecule has 5 nitrogen and oxygen atoms in total. The number of morpholine rings is 1. The van der Waals surface area contributed by atoms with Crippen molar-refractivity contribution in [1.29, 1.82) is 0 Å². The van der Waals surface area contributed by atoms with Gasteiger partial charge in [-0.2, -0.15) is 0 Å². The zero-order valence-electron chi connectivity index (χ0n) is 13.1. The Bertz CT molecular complexity index is 513. The predicted octanol–water partition coefficient (Wildman–Crippen LogP) is 2.94. The van der Waals surface area contributed by atoms with Crippen LogP contribution in [0.3, 0.4) is 0 Å². The van der Waals surface area contributed by atoms with Crippen molar-refractivity contribution in [3.8, 4) is 5.75 Å². The third-order valence-electron chi connectivity index (χ3n) is 3.44. The van der Waals surface area contributed by atoms with Gasteiger partial charge in [0.25, 0.3) is 0 Å². The van der Waals surface area contributed by atoms with E-state index in [1.165, 1.54) is 11.3 Å². The topological polar surface area (TPSA) is 64.8 Å². The fourth-order valence-corrected chi connectivity index (χ4v) is 3.47. The van der Waals surface area contributed by atoms with E-state index in [0.29, 0.717) is 22.9 Å². The molecule has 118 valence electrons. The molecule has 0 spiro atoms. The van der Waals surface area contributed by atoms with E-state index in [9.17, 15) is 4.79 Å². The average molecular weight is 312 g/mol.